The first-order valence-corrected chi connectivity index (χ1v) is 9.65. The average Bonchev–Trinajstić information content (AvgIpc) is 3.30. The topological polar surface area (TPSA) is 75.6 Å². The molecule has 6 nitrogen and oxygen atoms in total. The zero-order valence-electron chi connectivity index (χ0n) is 15.5. The summed E-state index contributed by atoms with van der Waals surface area (Å²) in [5.41, 5.74) is 3.83. The Kier molecular flexibility index (Phi) is 5.38. The Labute approximate surface area is 177 Å². The van der Waals surface area contributed by atoms with Crippen molar-refractivity contribution in [3.05, 3.63) is 87.7 Å². The highest BCUT2D eigenvalue weighted by Crippen LogP contribution is 2.21. The summed E-state index contributed by atoms with van der Waals surface area (Å²) in [6.07, 6.45) is 0. The number of amides is 1. The number of aromatic amines is 1. The van der Waals surface area contributed by atoms with E-state index < -0.39 is 0 Å². The number of anilines is 1. The molecule has 8 heteroatoms. The Morgan fingerprint density at radius 1 is 1.07 bits per heavy atom. The molecular weight excluding hydrogens is 409 g/mol. The van der Waals surface area contributed by atoms with Crippen molar-refractivity contribution in [2.45, 2.75) is 13.5 Å². The lowest BCUT2D eigenvalue weighted by molar-refractivity contribution is 0.102. The first-order valence-electron chi connectivity index (χ1n) is 8.89. The van der Waals surface area contributed by atoms with Gasteiger partial charge in [0, 0.05) is 27.4 Å². The van der Waals surface area contributed by atoms with E-state index in [1.54, 1.807) is 18.2 Å². The summed E-state index contributed by atoms with van der Waals surface area (Å²) in [5, 5.41) is 15.6. The van der Waals surface area contributed by atoms with E-state index in [0.29, 0.717) is 33.8 Å². The molecule has 4 rings (SSSR count). The van der Waals surface area contributed by atoms with Gasteiger partial charge in [0.25, 0.3) is 5.91 Å². The Morgan fingerprint density at radius 2 is 1.86 bits per heavy atom. The molecule has 29 heavy (non-hydrogen) atoms. The second kappa shape index (κ2) is 8.11. The SMILES string of the molecule is Cc1cc(NC(=O)c2cc(-c3ccc(Cl)cc3)n[nH]2)nn1Cc1cccc(Cl)c1. The fourth-order valence-electron chi connectivity index (χ4n) is 2.93. The van der Waals surface area contributed by atoms with Crippen molar-refractivity contribution in [3.63, 3.8) is 0 Å². The van der Waals surface area contributed by atoms with Gasteiger partial charge in [0.2, 0.25) is 0 Å². The van der Waals surface area contributed by atoms with Gasteiger partial charge in [-0.15, -0.1) is 0 Å². The molecule has 0 spiro atoms. The van der Waals surface area contributed by atoms with Crippen LogP contribution in [0.15, 0.2) is 60.7 Å². The van der Waals surface area contributed by atoms with Crippen molar-refractivity contribution >= 4 is 34.9 Å². The molecule has 0 aliphatic carbocycles. The number of nitrogens with zero attached hydrogens (tertiary/aromatic N) is 3. The molecule has 4 aromatic rings. The molecule has 2 aromatic heterocycles. The minimum absolute atomic E-state index is 0.315. The summed E-state index contributed by atoms with van der Waals surface area (Å²) >= 11 is 12.0. The minimum Gasteiger partial charge on any atom is -0.304 e. The number of rotatable bonds is 5. The molecular formula is C21H17Cl2N5O. The number of benzene rings is 2. The molecule has 0 aliphatic heterocycles. The lowest BCUT2D eigenvalue weighted by Gasteiger charge is -2.05. The van der Waals surface area contributed by atoms with Crippen LogP contribution in [0.25, 0.3) is 11.3 Å². The fourth-order valence-corrected chi connectivity index (χ4v) is 3.27. The van der Waals surface area contributed by atoms with E-state index in [2.05, 4.69) is 20.6 Å². The molecule has 0 aliphatic rings. The number of nitrogens with one attached hydrogen (secondary N) is 2. The van der Waals surface area contributed by atoms with Gasteiger partial charge in [-0.2, -0.15) is 10.2 Å². The molecule has 146 valence electrons. The number of carbonyl (C=O) groups is 1. The van der Waals surface area contributed by atoms with E-state index in [9.17, 15) is 4.79 Å². The molecule has 0 unspecified atom stereocenters. The van der Waals surface area contributed by atoms with Crippen LogP contribution in [0.5, 0.6) is 0 Å². The van der Waals surface area contributed by atoms with Crippen LogP contribution >= 0.6 is 23.2 Å². The van der Waals surface area contributed by atoms with E-state index in [0.717, 1.165) is 16.8 Å². The fraction of sp³-hybridized carbons (Fsp3) is 0.0952. The summed E-state index contributed by atoms with van der Waals surface area (Å²) < 4.78 is 1.81. The minimum atomic E-state index is -0.315. The summed E-state index contributed by atoms with van der Waals surface area (Å²) in [5.74, 6) is 0.155. The van der Waals surface area contributed by atoms with E-state index in [-0.39, 0.29) is 5.91 Å². The number of hydrogen-bond donors (Lipinski definition) is 2. The highest BCUT2D eigenvalue weighted by atomic mass is 35.5. The van der Waals surface area contributed by atoms with Crippen molar-refractivity contribution in [1.82, 2.24) is 20.0 Å². The van der Waals surface area contributed by atoms with Gasteiger partial charge in [0.05, 0.1) is 12.2 Å². The van der Waals surface area contributed by atoms with Crippen molar-refractivity contribution < 1.29 is 4.79 Å². The maximum atomic E-state index is 12.6. The Balaban J connectivity index is 1.47. The quantitative estimate of drug-likeness (QED) is 0.461. The van der Waals surface area contributed by atoms with Gasteiger partial charge in [-0.3, -0.25) is 14.6 Å². The second-order valence-electron chi connectivity index (χ2n) is 6.59. The van der Waals surface area contributed by atoms with Gasteiger partial charge < -0.3 is 5.32 Å². The predicted octanol–water partition coefficient (Wildman–Crippen LogP) is 5.19. The van der Waals surface area contributed by atoms with Crippen LogP contribution < -0.4 is 5.32 Å². The Bertz CT molecular complexity index is 1160. The van der Waals surface area contributed by atoms with Gasteiger partial charge >= 0.3 is 0 Å². The van der Waals surface area contributed by atoms with Crippen LogP contribution in [0, 0.1) is 6.92 Å². The standard InChI is InChI=1S/C21H17Cl2N5O/c1-13-9-20(27-28(13)12-14-3-2-4-17(23)10-14)24-21(29)19-11-18(25-26-19)15-5-7-16(22)8-6-15/h2-11H,12H2,1H3,(H,25,26)(H,24,27,29). The smallest absolute Gasteiger partial charge is 0.274 e. The molecule has 0 fully saturated rings. The van der Waals surface area contributed by atoms with Gasteiger partial charge in [-0.1, -0.05) is 47.5 Å². The van der Waals surface area contributed by atoms with Crippen LogP contribution in [-0.4, -0.2) is 25.9 Å². The summed E-state index contributed by atoms with van der Waals surface area (Å²) in [6.45, 7) is 2.50. The largest absolute Gasteiger partial charge is 0.304 e. The zero-order valence-corrected chi connectivity index (χ0v) is 17.0. The number of aryl methyl sites for hydroxylation is 1. The molecule has 0 radical (unpaired) electrons. The number of H-pyrrole nitrogens is 1. The first kappa shape index (κ1) is 19.2. The highest BCUT2D eigenvalue weighted by molar-refractivity contribution is 6.30. The van der Waals surface area contributed by atoms with Gasteiger partial charge in [0.1, 0.15) is 5.69 Å². The molecule has 0 saturated heterocycles. The summed E-state index contributed by atoms with van der Waals surface area (Å²) in [4.78, 5) is 12.6. The number of carbonyl (C=O) groups excluding carboxylic acids is 1. The third-order valence-corrected chi connectivity index (χ3v) is 4.89. The lowest BCUT2D eigenvalue weighted by Crippen LogP contribution is -2.13. The molecule has 0 bridgehead atoms. The normalized spacial score (nSPS) is 10.9. The highest BCUT2D eigenvalue weighted by Gasteiger charge is 2.14. The van der Waals surface area contributed by atoms with E-state index >= 15 is 0 Å². The third-order valence-electron chi connectivity index (χ3n) is 4.41. The Morgan fingerprint density at radius 3 is 2.62 bits per heavy atom. The molecule has 2 N–H and O–H groups in total. The zero-order chi connectivity index (χ0) is 20.4. The second-order valence-corrected chi connectivity index (χ2v) is 7.46. The summed E-state index contributed by atoms with van der Waals surface area (Å²) in [6, 6.07) is 18.4. The number of halogens is 2. The molecule has 0 atom stereocenters. The van der Waals surface area contributed by atoms with E-state index in [1.807, 2.05) is 54.1 Å². The van der Waals surface area contributed by atoms with Crippen LogP contribution in [0.2, 0.25) is 10.0 Å². The monoisotopic (exact) mass is 425 g/mol. The van der Waals surface area contributed by atoms with E-state index in [4.69, 9.17) is 23.2 Å². The molecule has 0 saturated carbocycles. The van der Waals surface area contributed by atoms with Crippen LogP contribution in [-0.2, 0) is 6.54 Å². The Hall–Kier alpha value is -3.09. The van der Waals surface area contributed by atoms with Crippen molar-refractivity contribution in [3.8, 4) is 11.3 Å². The van der Waals surface area contributed by atoms with Gasteiger partial charge in [-0.25, -0.2) is 0 Å². The van der Waals surface area contributed by atoms with Crippen molar-refractivity contribution in [2.24, 2.45) is 0 Å². The van der Waals surface area contributed by atoms with E-state index in [1.165, 1.54) is 0 Å². The van der Waals surface area contributed by atoms with Crippen molar-refractivity contribution in [2.75, 3.05) is 5.32 Å². The van der Waals surface area contributed by atoms with Crippen molar-refractivity contribution in [1.29, 1.82) is 0 Å². The first-order chi connectivity index (χ1) is 14.0. The third kappa shape index (κ3) is 4.50. The lowest BCUT2D eigenvalue weighted by atomic mass is 10.1. The summed E-state index contributed by atoms with van der Waals surface area (Å²) in [7, 11) is 0. The number of aromatic nitrogens is 4. The maximum absolute atomic E-state index is 12.6. The maximum Gasteiger partial charge on any atom is 0.274 e. The average molecular weight is 426 g/mol. The van der Waals surface area contributed by atoms with Gasteiger partial charge in [0.15, 0.2) is 5.82 Å². The predicted molar refractivity (Wildman–Crippen MR) is 115 cm³/mol. The van der Waals surface area contributed by atoms with Crippen LogP contribution in [0.3, 0.4) is 0 Å². The molecule has 2 aromatic carbocycles. The van der Waals surface area contributed by atoms with Gasteiger partial charge in [-0.05, 0) is 42.8 Å². The van der Waals surface area contributed by atoms with Crippen LogP contribution in [0.4, 0.5) is 5.82 Å². The number of hydrogen-bond acceptors (Lipinski definition) is 3. The molecule has 2 heterocycles. The molecule has 1 amide bonds. The van der Waals surface area contributed by atoms with Crippen LogP contribution in [0.1, 0.15) is 21.7 Å².